The monoisotopic (exact) mass is 975 g/mol. The maximum absolute atomic E-state index is 15.2. The first-order chi connectivity index (χ1) is 34.4. The Bertz CT molecular complexity index is 2330. The van der Waals surface area contributed by atoms with Crippen LogP contribution in [0.3, 0.4) is 0 Å². The van der Waals surface area contributed by atoms with E-state index in [0.29, 0.717) is 30.9 Å². The number of amides is 1. The zero-order chi connectivity index (χ0) is 49.1. The van der Waals surface area contributed by atoms with Crippen molar-refractivity contribution in [3.05, 3.63) is 120 Å². The van der Waals surface area contributed by atoms with Crippen LogP contribution in [-0.2, 0) is 20.9 Å². The lowest BCUT2D eigenvalue weighted by Crippen LogP contribution is -2.70. The molecule has 3 aliphatic rings. The number of rotatable bonds is 29. The van der Waals surface area contributed by atoms with Gasteiger partial charge in [0.2, 0.25) is 5.79 Å². The van der Waals surface area contributed by atoms with Crippen LogP contribution >= 0.6 is 11.8 Å². The molecule has 10 nitrogen and oxygen atoms in total. The maximum atomic E-state index is 15.2. The highest BCUT2D eigenvalue weighted by atomic mass is 32.2. The molecular weight excluding hydrogens is 897 g/mol. The number of allylic oxidation sites excluding steroid dienone is 1. The van der Waals surface area contributed by atoms with Crippen LogP contribution in [0.1, 0.15) is 133 Å². The SMILES string of the molecule is C=CCO[C@@]12Oc3ccc(Oc4ccc(SC)cc4)cc3[C@H]3[C@H](CCCCO)[C@@H](CCCCO)C=C(C(=NOC)C[C@@H]1N(Cc1cccc4ccccc14)C(=O)OCCCCCCCCCCCC)[C@H]32. The third-order valence-electron chi connectivity index (χ3n) is 14.7. The zero-order valence-electron chi connectivity index (χ0n) is 42.0. The van der Waals surface area contributed by atoms with Gasteiger partial charge in [-0.2, -0.15) is 0 Å². The summed E-state index contributed by atoms with van der Waals surface area (Å²) >= 11 is 1.69. The first kappa shape index (κ1) is 53.0. The molecule has 2 aliphatic carbocycles. The second-order valence-electron chi connectivity index (χ2n) is 19.3. The van der Waals surface area contributed by atoms with Crippen molar-refractivity contribution in [2.75, 3.05) is 39.8 Å². The molecule has 1 fully saturated rings. The van der Waals surface area contributed by atoms with Crippen molar-refractivity contribution in [1.29, 1.82) is 0 Å². The molecule has 7 rings (SSSR count). The van der Waals surface area contributed by atoms with E-state index < -0.39 is 23.8 Å². The largest absolute Gasteiger partial charge is 0.459 e. The second kappa shape index (κ2) is 27.1. The van der Waals surface area contributed by atoms with Crippen LogP contribution in [-0.4, -0.2) is 78.5 Å². The minimum atomic E-state index is -1.42. The number of aliphatic hydroxyl groups is 2. The first-order valence-electron chi connectivity index (χ1n) is 26.2. The Balaban J connectivity index is 1.33. The number of carbonyl (C=O) groups excluding carboxylic acids is 1. The lowest BCUT2D eigenvalue weighted by Gasteiger charge is -2.59. The summed E-state index contributed by atoms with van der Waals surface area (Å²) in [5.41, 5.74) is 3.69. The van der Waals surface area contributed by atoms with Crippen LogP contribution in [0.25, 0.3) is 10.8 Å². The van der Waals surface area contributed by atoms with Crippen molar-refractivity contribution >= 4 is 34.3 Å². The van der Waals surface area contributed by atoms with Crippen LogP contribution in [0, 0.1) is 17.8 Å². The van der Waals surface area contributed by atoms with Crippen LogP contribution < -0.4 is 9.47 Å². The predicted molar refractivity (Wildman–Crippen MR) is 283 cm³/mol. The van der Waals surface area contributed by atoms with Gasteiger partial charge in [0.15, 0.2) is 0 Å². The van der Waals surface area contributed by atoms with E-state index in [4.69, 9.17) is 28.9 Å². The van der Waals surface area contributed by atoms with Crippen molar-refractivity contribution in [3.63, 3.8) is 0 Å². The molecule has 0 aromatic heterocycles. The number of oxime groups is 1. The molecule has 1 heterocycles. The molecule has 0 saturated heterocycles. The number of benzene rings is 4. The summed E-state index contributed by atoms with van der Waals surface area (Å²) in [4.78, 5) is 23.9. The van der Waals surface area contributed by atoms with Gasteiger partial charge in [-0.15, -0.1) is 18.3 Å². The van der Waals surface area contributed by atoms with Gasteiger partial charge >= 0.3 is 6.09 Å². The number of hydrogen-bond donors (Lipinski definition) is 2. The molecule has 6 atom stereocenters. The highest BCUT2D eigenvalue weighted by Crippen LogP contribution is 2.62. The van der Waals surface area contributed by atoms with E-state index in [2.05, 4.69) is 68.3 Å². The highest BCUT2D eigenvalue weighted by Gasteiger charge is 2.65. The van der Waals surface area contributed by atoms with Crippen LogP contribution in [0.4, 0.5) is 4.79 Å². The Hall–Kier alpha value is -4.81. The highest BCUT2D eigenvalue weighted by molar-refractivity contribution is 7.98. The second-order valence-corrected chi connectivity index (χ2v) is 20.2. The van der Waals surface area contributed by atoms with Gasteiger partial charge in [0.05, 0.1) is 31.4 Å². The Morgan fingerprint density at radius 2 is 1.56 bits per heavy atom. The lowest BCUT2D eigenvalue weighted by molar-refractivity contribution is -0.256. The molecule has 0 spiro atoms. The van der Waals surface area contributed by atoms with Gasteiger partial charge in [0.25, 0.3) is 0 Å². The van der Waals surface area contributed by atoms with E-state index in [1.807, 2.05) is 47.4 Å². The Morgan fingerprint density at radius 3 is 2.27 bits per heavy atom. The van der Waals surface area contributed by atoms with Crippen LogP contribution in [0.5, 0.6) is 17.2 Å². The number of hydrogen-bond acceptors (Lipinski definition) is 10. The molecule has 70 heavy (non-hydrogen) atoms. The van der Waals surface area contributed by atoms with Crippen molar-refractivity contribution < 1.29 is 38.8 Å². The summed E-state index contributed by atoms with van der Waals surface area (Å²) in [5.74, 6) is 0.184. The van der Waals surface area contributed by atoms with Gasteiger partial charge in [0.1, 0.15) is 30.4 Å². The minimum Gasteiger partial charge on any atom is -0.459 e. The molecular formula is C59H78N2O8S. The average Bonchev–Trinajstić information content (AvgIpc) is 3.38. The summed E-state index contributed by atoms with van der Waals surface area (Å²) < 4.78 is 27.7. The number of carbonyl (C=O) groups is 1. The Kier molecular flexibility index (Phi) is 20.5. The molecule has 1 saturated carbocycles. The first-order valence-corrected chi connectivity index (χ1v) is 27.5. The molecule has 0 radical (unpaired) electrons. The van der Waals surface area contributed by atoms with Gasteiger partial charge < -0.3 is 34.0 Å². The topological polar surface area (TPSA) is 119 Å². The van der Waals surface area contributed by atoms with Gasteiger partial charge in [-0.3, -0.25) is 4.90 Å². The number of unbranched alkanes of at least 4 members (excludes halogenated alkanes) is 11. The van der Waals surface area contributed by atoms with Gasteiger partial charge in [0, 0.05) is 36.0 Å². The number of thioether (sulfide) groups is 1. The van der Waals surface area contributed by atoms with Gasteiger partial charge in [-0.05, 0) is 115 Å². The van der Waals surface area contributed by atoms with Gasteiger partial charge in [-0.1, -0.05) is 137 Å². The third-order valence-corrected chi connectivity index (χ3v) is 15.4. The zero-order valence-corrected chi connectivity index (χ0v) is 42.9. The van der Waals surface area contributed by atoms with E-state index in [1.165, 1.54) is 44.9 Å². The van der Waals surface area contributed by atoms with Crippen molar-refractivity contribution in [1.82, 2.24) is 4.90 Å². The molecule has 1 aliphatic heterocycles. The number of ether oxygens (including phenoxy) is 4. The Morgan fingerprint density at radius 1 is 0.857 bits per heavy atom. The smallest absolute Gasteiger partial charge is 0.410 e. The molecule has 11 heteroatoms. The van der Waals surface area contributed by atoms with Crippen LogP contribution in [0.15, 0.2) is 119 Å². The summed E-state index contributed by atoms with van der Waals surface area (Å²) in [6.07, 6.45) is 22.5. The van der Waals surface area contributed by atoms with Crippen molar-refractivity contribution in [3.8, 4) is 17.2 Å². The Labute approximate surface area is 421 Å². The molecule has 0 unspecified atom stereocenters. The van der Waals surface area contributed by atoms with Crippen LogP contribution in [0.2, 0.25) is 0 Å². The molecule has 4 aromatic carbocycles. The van der Waals surface area contributed by atoms with E-state index in [-0.39, 0.29) is 50.5 Å². The number of fused-ring (bicyclic) bond motifs is 3. The molecule has 2 N–H and O–H groups in total. The maximum Gasteiger partial charge on any atom is 0.410 e. The van der Waals surface area contributed by atoms with Crippen molar-refractivity contribution in [2.45, 2.75) is 145 Å². The average molecular weight is 975 g/mol. The summed E-state index contributed by atoms with van der Waals surface area (Å²) in [5, 5.41) is 27.0. The van der Waals surface area contributed by atoms with Gasteiger partial charge in [-0.25, -0.2) is 4.79 Å². The standard InChI is InChI=1S/C59H78N2O8S/c1-5-7-8-9-10-11-12-13-14-21-38-66-58(64)61(42-45-26-22-25-43-23-15-16-27-49(43)45)55-41-53(60-65-3)51-39-44(24-17-19-35-62)50(28-18-20-36-63)56-52-40-47(68-46-29-32-48(70-4)33-30-46)31-34-54(52)69-59(55,57(51)56)67-37-6-2/h6,15-16,22-23,25-27,29-34,39-40,44,50,55-57,62-63H,2,5,7-14,17-21,24,28,35-38,41-42H2,1,3-4H3/t44-,50+,55-,56+,57+,59+/m0/s1. The normalized spacial score (nSPS) is 21.9. The van der Waals surface area contributed by atoms with E-state index in [1.54, 1.807) is 24.9 Å². The fourth-order valence-corrected chi connectivity index (χ4v) is 11.8. The fourth-order valence-electron chi connectivity index (χ4n) is 11.3. The summed E-state index contributed by atoms with van der Waals surface area (Å²) in [6, 6.07) is 28.0. The molecule has 4 aromatic rings. The molecule has 1 amide bonds. The van der Waals surface area contributed by atoms with Crippen molar-refractivity contribution in [2.24, 2.45) is 22.9 Å². The minimum absolute atomic E-state index is 0.0711. The molecule has 0 bridgehead atoms. The predicted octanol–water partition coefficient (Wildman–Crippen LogP) is 14.2. The molecule has 378 valence electrons. The summed E-state index contributed by atoms with van der Waals surface area (Å²) in [6.45, 7) is 7.30. The number of nitrogens with zero attached hydrogens (tertiary/aromatic N) is 2. The van der Waals surface area contributed by atoms with E-state index >= 15 is 4.79 Å². The quantitative estimate of drug-likeness (QED) is 0.0237. The third kappa shape index (κ3) is 13.0. The van der Waals surface area contributed by atoms with E-state index in [9.17, 15) is 10.2 Å². The number of aliphatic hydroxyl groups excluding tert-OH is 2. The van der Waals surface area contributed by atoms with E-state index in [0.717, 1.165) is 88.8 Å². The lowest BCUT2D eigenvalue weighted by atomic mass is 9.55. The fraction of sp³-hybridized carbons (Fsp3) is 0.525. The summed E-state index contributed by atoms with van der Waals surface area (Å²) in [7, 11) is 1.58.